The number of rotatable bonds is 3. The Hall–Kier alpha value is -2.87. The summed E-state index contributed by atoms with van der Waals surface area (Å²) in [5.74, 6) is 1.05. The molecule has 1 fully saturated rings. The first-order chi connectivity index (χ1) is 16.1. The number of hydrogen-bond donors (Lipinski definition) is 1. The number of carbonyl (C=O) groups is 1. The normalized spacial score (nSPS) is 18.7. The third-order valence-corrected chi connectivity index (χ3v) is 6.48. The zero-order chi connectivity index (χ0) is 24.6. The summed E-state index contributed by atoms with van der Waals surface area (Å²) in [6.07, 6.45) is 0.514. The van der Waals surface area contributed by atoms with Crippen molar-refractivity contribution in [2.24, 2.45) is 0 Å². The van der Waals surface area contributed by atoms with Crippen LogP contribution in [0, 0.1) is 0 Å². The fourth-order valence-corrected chi connectivity index (χ4v) is 4.88. The molecule has 1 aromatic heterocycles. The van der Waals surface area contributed by atoms with Crippen molar-refractivity contribution in [1.82, 2.24) is 19.8 Å². The maximum Gasteiger partial charge on any atom is 0.410 e. The number of anilines is 1. The Bertz CT molecular complexity index is 1120. The topological polar surface area (TPSA) is 79.7 Å². The second kappa shape index (κ2) is 9.41. The maximum atomic E-state index is 13.5. The van der Waals surface area contributed by atoms with E-state index >= 15 is 0 Å². The summed E-state index contributed by atoms with van der Waals surface area (Å²) < 4.78 is 7.36. The summed E-state index contributed by atoms with van der Waals surface area (Å²) in [6, 6.07) is 8.10. The molecule has 184 valence electrons. The smallest absolute Gasteiger partial charge is 0.410 e. The van der Waals surface area contributed by atoms with Crippen LogP contribution in [0.1, 0.15) is 64.3 Å². The summed E-state index contributed by atoms with van der Waals surface area (Å²) in [5.41, 5.74) is 3.36. The van der Waals surface area contributed by atoms with Gasteiger partial charge in [0, 0.05) is 43.5 Å². The molecule has 0 bridgehead atoms. The molecule has 34 heavy (non-hydrogen) atoms. The number of benzene rings is 1. The Labute approximate surface area is 201 Å². The van der Waals surface area contributed by atoms with E-state index in [-0.39, 0.29) is 23.7 Å². The Balaban J connectivity index is 1.70. The summed E-state index contributed by atoms with van der Waals surface area (Å²) in [5, 5.41) is 3.44. The lowest BCUT2D eigenvalue weighted by atomic mass is 9.99. The van der Waals surface area contributed by atoms with Gasteiger partial charge < -0.3 is 19.9 Å². The van der Waals surface area contributed by atoms with Gasteiger partial charge in [0.05, 0.1) is 5.69 Å². The van der Waals surface area contributed by atoms with Gasteiger partial charge >= 0.3 is 11.8 Å². The van der Waals surface area contributed by atoms with Crippen LogP contribution < -0.4 is 15.9 Å². The average molecular weight is 468 g/mol. The zero-order valence-electron chi connectivity index (χ0n) is 21.2. The molecule has 3 heterocycles. The van der Waals surface area contributed by atoms with Crippen LogP contribution in [-0.2, 0) is 17.7 Å². The van der Waals surface area contributed by atoms with Gasteiger partial charge in [-0.05, 0) is 58.2 Å². The Kier molecular flexibility index (Phi) is 6.71. The van der Waals surface area contributed by atoms with Gasteiger partial charge in [-0.3, -0.25) is 4.57 Å². The molecule has 0 radical (unpaired) electrons. The van der Waals surface area contributed by atoms with Gasteiger partial charge in [-0.25, -0.2) is 9.59 Å². The van der Waals surface area contributed by atoms with Crippen LogP contribution in [0.2, 0.25) is 0 Å². The molecular formula is C26H37N5O3. The molecular weight excluding hydrogens is 430 g/mol. The number of aromatic nitrogens is 2. The molecule has 8 heteroatoms. The molecule has 0 spiro atoms. The molecule has 2 aliphatic heterocycles. The van der Waals surface area contributed by atoms with Crippen LogP contribution in [0.25, 0.3) is 5.69 Å². The van der Waals surface area contributed by atoms with E-state index < -0.39 is 5.60 Å². The Morgan fingerprint density at radius 1 is 1.21 bits per heavy atom. The van der Waals surface area contributed by atoms with Gasteiger partial charge in [-0.2, -0.15) is 4.98 Å². The lowest BCUT2D eigenvalue weighted by molar-refractivity contribution is 0.0218. The number of piperazine rings is 1. The molecule has 1 saturated heterocycles. The fourth-order valence-electron chi connectivity index (χ4n) is 4.88. The molecule has 1 aromatic carbocycles. The maximum absolute atomic E-state index is 13.5. The van der Waals surface area contributed by atoms with E-state index in [1.165, 1.54) is 0 Å². The Morgan fingerprint density at radius 3 is 2.62 bits per heavy atom. The van der Waals surface area contributed by atoms with E-state index in [2.05, 4.69) is 42.0 Å². The van der Waals surface area contributed by atoms with Crippen molar-refractivity contribution >= 4 is 11.9 Å². The summed E-state index contributed by atoms with van der Waals surface area (Å²) >= 11 is 0. The first-order valence-corrected chi connectivity index (χ1v) is 12.3. The minimum Gasteiger partial charge on any atom is -0.444 e. The van der Waals surface area contributed by atoms with E-state index in [9.17, 15) is 9.59 Å². The Morgan fingerprint density at radius 2 is 1.94 bits per heavy atom. The molecule has 2 aliphatic rings. The van der Waals surface area contributed by atoms with Crippen LogP contribution >= 0.6 is 0 Å². The molecule has 1 atom stereocenters. The number of hydrogen-bond acceptors (Lipinski definition) is 6. The van der Waals surface area contributed by atoms with Crippen LogP contribution in [0.15, 0.2) is 29.1 Å². The molecule has 8 nitrogen and oxygen atoms in total. The van der Waals surface area contributed by atoms with Crippen molar-refractivity contribution in [2.75, 3.05) is 31.1 Å². The molecule has 1 amide bonds. The molecule has 4 rings (SSSR count). The van der Waals surface area contributed by atoms with Gasteiger partial charge in [-0.15, -0.1) is 0 Å². The largest absolute Gasteiger partial charge is 0.444 e. The minimum absolute atomic E-state index is 0.0194. The van der Waals surface area contributed by atoms with E-state index in [0.717, 1.165) is 41.3 Å². The number of nitrogens with one attached hydrogen (secondary N) is 1. The van der Waals surface area contributed by atoms with Crippen molar-refractivity contribution in [3.05, 3.63) is 51.6 Å². The third-order valence-electron chi connectivity index (χ3n) is 6.48. The summed E-state index contributed by atoms with van der Waals surface area (Å²) in [6.45, 7) is 15.1. The lowest BCUT2D eigenvalue weighted by Crippen LogP contribution is -2.55. The van der Waals surface area contributed by atoms with Crippen molar-refractivity contribution in [1.29, 1.82) is 0 Å². The lowest BCUT2D eigenvalue weighted by Gasteiger charge is -2.42. The number of nitrogens with zero attached hydrogens (tertiary/aromatic N) is 4. The third kappa shape index (κ3) is 4.82. The van der Waals surface area contributed by atoms with E-state index in [1.807, 2.05) is 39.0 Å². The first kappa shape index (κ1) is 24.3. The van der Waals surface area contributed by atoms with Crippen molar-refractivity contribution < 1.29 is 9.53 Å². The van der Waals surface area contributed by atoms with E-state index in [1.54, 1.807) is 9.47 Å². The van der Waals surface area contributed by atoms with Crippen LogP contribution in [0.3, 0.4) is 0 Å². The van der Waals surface area contributed by atoms with Gasteiger partial charge in [0.1, 0.15) is 11.4 Å². The molecule has 0 saturated carbocycles. The van der Waals surface area contributed by atoms with Crippen LogP contribution in [-0.4, -0.2) is 58.4 Å². The van der Waals surface area contributed by atoms with Gasteiger partial charge in [0.2, 0.25) is 0 Å². The second-order valence-electron chi connectivity index (χ2n) is 10.6. The summed E-state index contributed by atoms with van der Waals surface area (Å²) in [4.78, 5) is 34.6. The minimum atomic E-state index is -0.526. The van der Waals surface area contributed by atoms with E-state index in [4.69, 9.17) is 4.74 Å². The number of carbonyl (C=O) groups excluding carboxylic acids is 1. The number of fused-ring (bicyclic) bond motifs is 1. The fraction of sp³-hybridized carbons (Fsp3) is 0.577. The van der Waals surface area contributed by atoms with Crippen LogP contribution in [0.4, 0.5) is 10.6 Å². The first-order valence-electron chi connectivity index (χ1n) is 12.3. The van der Waals surface area contributed by atoms with Crippen molar-refractivity contribution in [3.63, 3.8) is 0 Å². The molecule has 0 unspecified atom stereocenters. The highest BCUT2D eigenvalue weighted by molar-refractivity contribution is 5.69. The number of ether oxygens (including phenoxy) is 1. The highest BCUT2D eigenvalue weighted by atomic mass is 16.6. The highest BCUT2D eigenvalue weighted by Crippen LogP contribution is 2.30. The molecule has 1 N–H and O–H groups in total. The van der Waals surface area contributed by atoms with Crippen molar-refractivity contribution in [3.8, 4) is 5.69 Å². The van der Waals surface area contributed by atoms with Crippen LogP contribution in [0.5, 0.6) is 0 Å². The zero-order valence-corrected chi connectivity index (χ0v) is 21.2. The van der Waals surface area contributed by atoms with Crippen molar-refractivity contribution in [2.45, 2.75) is 72.1 Å². The molecule has 2 aromatic rings. The monoisotopic (exact) mass is 467 g/mol. The standard InChI is InChI=1S/C26H37N5O3/c1-17(2)19-9-7-8-10-21(19)31-22-15-27-12-11-20(22)23(28-24(31)32)30-14-13-29(16-18(30)3)25(33)34-26(4,5)6/h7-10,17-18,27H,11-16H2,1-6H3/t18-/m0/s1. The second-order valence-corrected chi connectivity index (χ2v) is 10.6. The quantitative estimate of drug-likeness (QED) is 0.745. The van der Waals surface area contributed by atoms with Gasteiger partial charge in [-0.1, -0.05) is 32.0 Å². The summed E-state index contributed by atoms with van der Waals surface area (Å²) in [7, 11) is 0. The SMILES string of the molecule is CC(C)c1ccccc1-n1c2c(c(N3CCN(C(=O)OC(C)(C)C)C[C@@H]3C)nc1=O)CCNC2. The van der Waals surface area contributed by atoms with Gasteiger partial charge in [0.25, 0.3) is 0 Å². The predicted molar refractivity (Wildman–Crippen MR) is 134 cm³/mol. The predicted octanol–water partition coefficient (Wildman–Crippen LogP) is 3.45. The number of amides is 1. The average Bonchev–Trinajstić information content (AvgIpc) is 2.77. The van der Waals surface area contributed by atoms with E-state index in [0.29, 0.717) is 26.2 Å². The number of para-hydroxylation sites is 1. The highest BCUT2D eigenvalue weighted by Gasteiger charge is 2.33. The van der Waals surface area contributed by atoms with Gasteiger partial charge in [0.15, 0.2) is 0 Å². The molecule has 0 aliphatic carbocycles.